The Bertz CT molecular complexity index is 772. The van der Waals surface area contributed by atoms with Gasteiger partial charge in [-0.05, 0) is 18.1 Å². The minimum absolute atomic E-state index is 0.0170. The number of carbonyl (C=O) groups excluding carboxylic acids is 1. The molecule has 1 unspecified atom stereocenters. The summed E-state index contributed by atoms with van der Waals surface area (Å²) in [5.41, 5.74) is 1.13. The zero-order chi connectivity index (χ0) is 17.8. The maximum atomic E-state index is 14.2. The van der Waals surface area contributed by atoms with E-state index in [9.17, 15) is 9.18 Å². The van der Waals surface area contributed by atoms with Crippen molar-refractivity contribution in [1.82, 2.24) is 14.9 Å². The molecule has 5 nitrogen and oxygen atoms in total. The van der Waals surface area contributed by atoms with Gasteiger partial charge in [0.05, 0.1) is 18.7 Å². The van der Waals surface area contributed by atoms with Crippen LogP contribution in [0.2, 0.25) is 5.02 Å². The SMILES string of the molecule is CCc1ncnc(OC2CCN(C(=O)Cc3ccccc3Cl)C2)c1F. The molecule has 2 heterocycles. The smallest absolute Gasteiger partial charge is 0.254 e. The van der Waals surface area contributed by atoms with Gasteiger partial charge in [-0.3, -0.25) is 4.79 Å². The third-order valence-corrected chi connectivity index (χ3v) is 4.61. The Morgan fingerprint density at radius 1 is 1.40 bits per heavy atom. The predicted octanol–water partition coefficient (Wildman–Crippen LogP) is 3.05. The van der Waals surface area contributed by atoms with Crippen LogP contribution in [-0.2, 0) is 17.6 Å². The topological polar surface area (TPSA) is 55.3 Å². The lowest BCUT2D eigenvalue weighted by atomic mass is 10.1. The Kier molecular flexibility index (Phi) is 5.48. The standard InChI is InChI=1S/C18H19ClFN3O2/c1-2-15-17(20)18(22-11-21-15)25-13-7-8-23(10-13)16(24)9-12-5-3-4-6-14(12)19/h3-6,11,13H,2,7-10H2,1H3. The summed E-state index contributed by atoms with van der Waals surface area (Å²) in [5, 5.41) is 0.581. The molecule has 0 spiro atoms. The molecular weight excluding hydrogens is 345 g/mol. The zero-order valence-electron chi connectivity index (χ0n) is 13.9. The number of aromatic nitrogens is 2. The van der Waals surface area contributed by atoms with Gasteiger partial charge in [-0.2, -0.15) is 9.37 Å². The number of likely N-dealkylation sites (tertiary alicyclic amines) is 1. The van der Waals surface area contributed by atoms with Crippen molar-refractivity contribution in [3.8, 4) is 5.88 Å². The first kappa shape index (κ1) is 17.6. The van der Waals surface area contributed by atoms with Crippen molar-refractivity contribution in [3.63, 3.8) is 0 Å². The highest BCUT2D eigenvalue weighted by atomic mass is 35.5. The van der Waals surface area contributed by atoms with Gasteiger partial charge in [-0.15, -0.1) is 0 Å². The quantitative estimate of drug-likeness (QED) is 0.819. The number of nitrogens with zero attached hydrogens (tertiary/aromatic N) is 3. The van der Waals surface area contributed by atoms with Gasteiger partial charge >= 0.3 is 0 Å². The van der Waals surface area contributed by atoms with Crippen LogP contribution in [0.3, 0.4) is 0 Å². The molecule has 0 bridgehead atoms. The van der Waals surface area contributed by atoms with Crippen molar-refractivity contribution >= 4 is 17.5 Å². The Balaban J connectivity index is 1.60. The molecule has 1 aliphatic rings. The molecule has 2 aromatic rings. The van der Waals surface area contributed by atoms with Crippen molar-refractivity contribution < 1.29 is 13.9 Å². The summed E-state index contributed by atoms with van der Waals surface area (Å²) < 4.78 is 19.8. The molecule has 1 fully saturated rings. The molecule has 25 heavy (non-hydrogen) atoms. The van der Waals surface area contributed by atoms with E-state index in [0.29, 0.717) is 36.6 Å². The second-order valence-corrected chi connectivity index (χ2v) is 6.34. The van der Waals surface area contributed by atoms with Crippen LogP contribution in [0.5, 0.6) is 5.88 Å². The van der Waals surface area contributed by atoms with E-state index in [1.165, 1.54) is 6.33 Å². The summed E-state index contributed by atoms with van der Waals surface area (Å²) in [6, 6.07) is 7.29. The van der Waals surface area contributed by atoms with Gasteiger partial charge in [-0.1, -0.05) is 36.7 Å². The first-order chi connectivity index (χ1) is 12.1. The van der Waals surface area contributed by atoms with Crippen LogP contribution in [0.4, 0.5) is 4.39 Å². The maximum Gasteiger partial charge on any atom is 0.254 e. The molecule has 1 saturated heterocycles. The van der Waals surface area contributed by atoms with Crippen molar-refractivity contribution in [3.05, 3.63) is 52.7 Å². The molecule has 0 radical (unpaired) electrons. The van der Waals surface area contributed by atoms with E-state index in [4.69, 9.17) is 16.3 Å². The van der Waals surface area contributed by atoms with Crippen LogP contribution < -0.4 is 4.74 Å². The Hall–Kier alpha value is -2.21. The van der Waals surface area contributed by atoms with E-state index in [2.05, 4.69) is 9.97 Å². The monoisotopic (exact) mass is 363 g/mol. The third kappa shape index (κ3) is 4.07. The summed E-state index contributed by atoms with van der Waals surface area (Å²) >= 11 is 6.11. The number of carbonyl (C=O) groups is 1. The first-order valence-electron chi connectivity index (χ1n) is 8.25. The number of aryl methyl sites for hydroxylation is 1. The number of halogens is 2. The molecule has 7 heteroatoms. The largest absolute Gasteiger partial charge is 0.470 e. The summed E-state index contributed by atoms with van der Waals surface area (Å²) in [5.74, 6) is -0.584. The number of hydrogen-bond acceptors (Lipinski definition) is 4. The highest BCUT2D eigenvalue weighted by Crippen LogP contribution is 2.22. The van der Waals surface area contributed by atoms with Crippen LogP contribution >= 0.6 is 11.6 Å². The molecule has 1 atom stereocenters. The summed E-state index contributed by atoms with van der Waals surface area (Å²) in [7, 11) is 0. The zero-order valence-corrected chi connectivity index (χ0v) is 14.7. The molecule has 1 amide bonds. The minimum Gasteiger partial charge on any atom is -0.470 e. The maximum absolute atomic E-state index is 14.2. The van der Waals surface area contributed by atoms with Crippen LogP contribution in [0, 0.1) is 5.82 Å². The third-order valence-electron chi connectivity index (χ3n) is 4.24. The van der Waals surface area contributed by atoms with E-state index in [1.54, 1.807) is 11.0 Å². The van der Waals surface area contributed by atoms with Gasteiger partial charge in [0, 0.05) is 18.0 Å². The lowest BCUT2D eigenvalue weighted by Crippen LogP contribution is -2.32. The molecule has 3 rings (SSSR count). The fourth-order valence-corrected chi connectivity index (χ4v) is 3.04. The van der Waals surface area contributed by atoms with Gasteiger partial charge in [-0.25, -0.2) is 4.98 Å². The average molecular weight is 364 g/mol. The molecule has 0 aliphatic carbocycles. The number of benzene rings is 1. The number of hydrogen-bond donors (Lipinski definition) is 0. The number of ether oxygens (including phenoxy) is 1. The van der Waals surface area contributed by atoms with Gasteiger partial charge in [0.15, 0.2) is 0 Å². The van der Waals surface area contributed by atoms with Crippen molar-refractivity contribution in [2.24, 2.45) is 0 Å². The minimum atomic E-state index is -0.522. The molecule has 0 N–H and O–H groups in total. The second-order valence-electron chi connectivity index (χ2n) is 5.93. The summed E-state index contributed by atoms with van der Waals surface area (Å²) in [4.78, 5) is 21.9. The molecule has 1 aromatic carbocycles. The van der Waals surface area contributed by atoms with E-state index >= 15 is 0 Å². The van der Waals surface area contributed by atoms with Gasteiger partial charge in [0.25, 0.3) is 5.88 Å². The lowest BCUT2D eigenvalue weighted by Gasteiger charge is -2.17. The van der Waals surface area contributed by atoms with E-state index < -0.39 is 5.82 Å². The molecular formula is C18H19ClFN3O2. The fourth-order valence-electron chi connectivity index (χ4n) is 2.84. The molecule has 1 aliphatic heterocycles. The Morgan fingerprint density at radius 2 is 2.20 bits per heavy atom. The molecule has 0 saturated carbocycles. The van der Waals surface area contributed by atoms with Crippen molar-refractivity contribution in [1.29, 1.82) is 0 Å². The van der Waals surface area contributed by atoms with E-state index in [-0.39, 0.29) is 24.3 Å². The molecule has 132 valence electrons. The summed E-state index contributed by atoms with van der Waals surface area (Å²) in [6.45, 7) is 2.80. The van der Waals surface area contributed by atoms with Crippen LogP contribution in [0.1, 0.15) is 24.6 Å². The van der Waals surface area contributed by atoms with Crippen LogP contribution in [-0.4, -0.2) is 40.0 Å². The van der Waals surface area contributed by atoms with Gasteiger partial charge in [0.1, 0.15) is 12.4 Å². The van der Waals surface area contributed by atoms with Crippen LogP contribution in [0.25, 0.3) is 0 Å². The highest BCUT2D eigenvalue weighted by Gasteiger charge is 2.29. The molecule has 1 aromatic heterocycles. The summed E-state index contributed by atoms with van der Waals surface area (Å²) in [6.07, 6.45) is 2.38. The van der Waals surface area contributed by atoms with Gasteiger partial charge in [0.2, 0.25) is 11.7 Å². The van der Waals surface area contributed by atoms with E-state index in [1.807, 2.05) is 25.1 Å². The first-order valence-corrected chi connectivity index (χ1v) is 8.63. The fraction of sp³-hybridized carbons (Fsp3) is 0.389. The number of rotatable bonds is 5. The van der Waals surface area contributed by atoms with E-state index in [0.717, 1.165) is 5.56 Å². The predicted molar refractivity (Wildman–Crippen MR) is 92.1 cm³/mol. The van der Waals surface area contributed by atoms with Crippen molar-refractivity contribution in [2.45, 2.75) is 32.3 Å². The second kappa shape index (κ2) is 7.78. The highest BCUT2D eigenvalue weighted by molar-refractivity contribution is 6.31. The van der Waals surface area contributed by atoms with Crippen molar-refractivity contribution in [2.75, 3.05) is 13.1 Å². The Labute approximate surface area is 150 Å². The lowest BCUT2D eigenvalue weighted by molar-refractivity contribution is -0.129. The van der Waals surface area contributed by atoms with Gasteiger partial charge < -0.3 is 9.64 Å². The normalized spacial score (nSPS) is 16.9. The van der Waals surface area contributed by atoms with Crippen LogP contribution in [0.15, 0.2) is 30.6 Å². The average Bonchev–Trinajstić information content (AvgIpc) is 3.07. The number of amides is 1. The Morgan fingerprint density at radius 3 is 2.96 bits per heavy atom.